The molecule has 0 aromatic carbocycles. The monoisotopic (exact) mass is 254 g/mol. The lowest BCUT2D eigenvalue weighted by molar-refractivity contribution is 1.13. The van der Waals surface area contributed by atoms with Crippen molar-refractivity contribution in [1.29, 1.82) is 0 Å². The van der Waals surface area contributed by atoms with Gasteiger partial charge < -0.3 is 0 Å². The van der Waals surface area contributed by atoms with E-state index in [1.54, 1.807) is 23.2 Å². The first kappa shape index (κ1) is 10.8. The van der Waals surface area contributed by atoms with Gasteiger partial charge in [-0.1, -0.05) is 17.7 Å². The SMILES string of the molecule is Clc1cccnc1SSc1ccccn1. The van der Waals surface area contributed by atoms with Crippen LogP contribution in [0.1, 0.15) is 0 Å². The lowest BCUT2D eigenvalue weighted by Gasteiger charge is -2.00. The van der Waals surface area contributed by atoms with E-state index in [4.69, 9.17) is 11.6 Å². The van der Waals surface area contributed by atoms with Crippen LogP contribution in [0.3, 0.4) is 0 Å². The summed E-state index contributed by atoms with van der Waals surface area (Å²) in [5.41, 5.74) is 0. The smallest absolute Gasteiger partial charge is 0.125 e. The van der Waals surface area contributed by atoms with Crippen LogP contribution < -0.4 is 0 Å². The van der Waals surface area contributed by atoms with Crippen molar-refractivity contribution in [2.45, 2.75) is 10.1 Å². The Labute approximate surface area is 101 Å². The van der Waals surface area contributed by atoms with Crippen molar-refractivity contribution in [3.05, 3.63) is 47.7 Å². The molecule has 2 aromatic rings. The van der Waals surface area contributed by atoms with Gasteiger partial charge in [-0.3, -0.25) is 0 Å². The Morgan fingerprint density at radius 3 is 2.53 bits per heavy atom. The highest BCUT2D eigenvalue weighted by molar-refractivity contribution is 8.76. The van der Waals surface area contributed by atoms with Crippen LogP contribution in [0.15, 0.2) is 52.8 Å². The third-order valence-electron chi connectivity index (χ3n) is 1.57. The van der Waals surface area contributed by atoms with E-state index in [2.05, 4.69) is 9.97 Å². The molecule has 2 aromatic heterocycles. The van der Waals surface area contributed by atoms with E-state index < -0.39 is 0 Å². The van der Waals surface area contributed by atoms with Crippen LogP contribution in [0.25, 0.3) is 0 Å². The Bertz CT molecular complexity index is 436. The first-order chi connectivity index (χ1) is 7.36. The molecule has 0 aliphatic carbocycles. The molecule has 15 heavy (non-hydrogen) atoms. The average molecular weight is 255 g/mol. The standard InChI is InChI=1S/C10H7ClN2S2/c11-8-4-3-7-13-10(8)15-14-9-5-1-2-6-12-9/h1-7H. The van der Waals surface area contributed by atoms with Crippen LogP contribution in [0.4, 0.5) is 0 Å². The molecule has 0 aliphatic heterocycles. The second-order valence-corrected chi connectivity index (χ2v) is 5.17. The zero-order valence-corrected chi connectivity index (χ0v) is 10.0. The summed E-state index contributed by atoms with van der Waals surface area (Å²) < 4.78 is 0. The largest absolute Gasteiger partial charge is 0.249 e. The summed E-state index contributed by atoms with van der Waals surface area (Å²) in [6.45, 7) is 0. The molecular formula is C10H7ClN2S2. The molecule has 0 atom stereocenters. The van der Waals surface area contributed by atoms with Crippen LogP contribution in [-0.2, 0) is 0 Å². The van der Waals surface area contributed by atoms with E-state index in [1.165, 1.54) is 10.8 Å². The fourth-order valence-corrected chi connectivity index (χ4v) is 3.13. The van der Waals surface area contributed by atoms with Gasteiger partial charge in [0.25, 0.3) is 0 Å². The minimum atomic E-state index is 0.672. The van der Waals surface area contributed by atoms with Gasteiger partial charge in [0.05, 0.1) is 5.02 Å². The molecule has 0 amide bonds. The lowest BCUT2D eigenvalue weighted by atomic mass is 10.5. The molecule has 0 bridgehead atoms. The average Bonchev–Trinajstić information content (AvgIpc) is 2.29. The Balaban J connectivity index is 2.03. The van der Waals surface area contributed by atoms with Gasteiger partial charge in [0.15, 0.2) is 0 Å². The van der Waals surface area contributed by atoms with Gasteiger partial charge >= 0.3 is 0 Å². The van der Waals surface area contributed by atoms with Gasteiger partial charge in [-0.2, -0.15) is 0 Å². The van der Waals surface area contributed by atoms with Crippen molar-refractivity contribution in [2.24, 2.45) is 0 Å². The van der Waals surface area contributed by atoms with Crippen molar-refractivity contribution in [1.82, 2.24) is 9.97 Å². The number of rotatable bonds is 3. The summed E-state index contributed by atoms with van der Waals surface area (Å²) in [6.07, 6.45) is 3.50. The number of aromatic nitrogens is 2. The molecule has 0 saturated carbocycles. The van der Waals surface area contributed by atoms with Crippen molar-refractivity contribution in [3.63, 3.8) is 0 Å². The lowest BCUT2D eigenvalue weighted by Crippen LogP contribution is -1.78. The van der Waals surface area contributed by atoms with Gasteiger partial charge in [0, 0.05) is 12.4 Å². The fraction of sp³-hybridized carbons (Fsp3) is 0. The highest BCUT2D eigenvalue weighted by Crippen LogP contribution is 2.37. The molecule has 76 valence electrons. The molecule has 0 spiro atoms. The van der Waals surface area contributed by atoms with E-state index in [-0.39, 0.29) is 0 Å². The normalized spacial score (nSPS) is 10.2. The zero-order valence-electron chi connectivity index (χ0n) is 7.63. The van der Waals surface area contributed by atoms with Gasteiger partial charge in [0.2, 0.25) is 0 Å². The first-order valence-electron chi connectivity index (χ1n) is 4.22. The predicted octanol–water partition coefficient (Wildman–Crippen LogP) is 3.93. The zero-order chi connectivity index (χ0) is 10.5. The van der Waals surface area contributed by atoms with E-state index in [9.17, 15) is 0 Å². The summed E-state index contributed by atoms with van der Waals surface area (Å²) in [6, 6.07) is 9.45. The van der Waals surface area contributed by atoms with E-state index >= 15 is 0 Å². The third kappa shape index (κ3) is 3.12. The number of hydrogen-bond acceptors (Lipinski definition) is 4. The molecule has 2 heterocycles. The maximum atomic E-state index is 5.97. The van der Waals surface area contributed by atoms with Gasteiger partial charge in [-0.25, -0.2) is 9.97 Å². The van der Waals surface area contributed by atoms with E-state index in [0.29, 0.717) is 5.02 Å². The maximum Gasteiger partial charge on any atom is 0.125 e. The molecule has 0 N–H and O–H groups in total. The molecule has 0 fully saturated rings. The van der Waals surface area contributed by atoms with Crippen molar-refractivity contribution in [3.8, 4) is 0 Å². The van der Waals surface area contributed by atoms with Crippen LogP contribution in [0.5, 0.6) is 0 Å². The summed E-state index contributed by atoms with van der Waals surface area (Å²) in [5.74, 6) is 0. The molecule has 0 unspecified atom stereocenters. The minimum Gasteiger partial charge on any atom is -0.249 e. The molecule has 0 saturated heterocycles. The van der Waals surface area contributed by atoms with Crippen molar-refractivity contribution >= 4 is 33.2 Å². The van der Waals surface area contributed by atoms with E-state index in [1.807, 2.05) is 30.3 Å². The van der Waals surface area contributed by atoms with E-state index in [0.717, 1.165) is 10.1 Å². The summed E-state index contributed by atoms with van der Waals surface area (Å²) >= 11 is 5.97. The summed E-state index contributed by atoms with van der Waals surface area (Å²) in [5, 5.41) is 2.44. The Kier molecular flexibility index (Phi) is 3.88. The van der Waals surface area contributed by atoms with Crippen LogP contribution in [0.2, 0.25) is 5.02 Å². The van der Waals surface area contributed by atoms with Crippen LogP contribution in [0, 0.1) is 0 Å². The van der Waals surface area contributed by atoms with Crippen molar-refractivity contribution in [2.75, 3.05) is 0 Å². The Hall–Kier alpha value is -0.710. The molecule has 2 nitrogen and oxygen atoms in total. The quantitative estimate of drug-likeness (QED) is 0.775. The van der Waals surface area contributed by atoms with Gasteiger partial charge in [-0.05, 0) is 45.9 Å². The first-order valence-corrected chi connectivity index (χ1v) is 6.75. The summed E-state index contributed by atoms with van der Waals surface area (Å²) in [7, 11) is 3.06. The third-order valence-corrected chi connectivity index (χ3v) is 4.20. The fourth-order valence-electron chi connectivity index (χ4n) is 0.911. The topological polar surface area (TPSA) is 25.8 Å². The molecule has 0 aliphatic rings. The van der Waals surface area contributed by atoms with Crippen LogP contribution in [-0.4, -0.2) is 9.97 Å². The molecule has 2 rings (SSSR count). The summed E-state index contributed by atoms with van der Waals surface area (Å²) in [4.78, 5) is 8.37. The molecule has 5 heteroatoms. The number of nitrogens with zero attached hydrogens (tertiary/aromatic N) is 2. The van der Waals surface area contributed by atoms with Gasteiger partial charge in [0.1, 0.15) is 10.1 Å². The predicted molar refractivity (Wildman–Crippen MR) is 65.2 cm³/mol. The second kappa shape index (κ2) is 5.39. The minimum absolute atomic E-state index is 0.672. The van der Waals surface area contributed by atoms with Crippen LogP contribution >= 0.6 is 33.2 Å². The number of hydrogen-bond donors (Lipinski definition) is 0. The van der Waals surface area contributed by atoms with Gasteiger partial charge in [-0.15, -0.1) is 0 Å². The number of pyridine rings is 2. The van der Waals surface area contributed by atoms with Crippen molar-refractivity contribution < 1.29 is 0 Å². The molecule has 0 radical (unpaired) electrons. The second-order valence-electron chi connectivity index (χ2n) is 2.63. The number of halogens is 1. The highest BCUT2D eigenvalue weighted by atomic mass is 35.5. The highest BCUT2D eigenvalue weighted by Gasteiger charge is 2.03. The Morgan fingerprint density at radius 1 is 0.933 bits per heavy atom. The molecular weight excluding hydrogens is 248 g/mol. The Morgan fingerprint density at radius 2 is 1.80 bits per heavy atom. The maximum absolute atomic E-state index is 5.97.